The minimum Gasteiger partial charge on any atom is -0.453 e. The fourth-order valence-corrected chi connectivity index (χ4v) is 1.00. The highest BCUT2D eigenvalue weighted by atomic mass is 16.5. The summed E-state index contributed by atoms with van der Waals surface area (Å²) in [5.41, 5.74) is 1.06. The number of ether oxygens (including phenoxy) is 1. The summed E-state index contributed by atoms with van der Waals surface area (Å²) in [4.78, 5) is 25.4. The molecule has 0 aromatic carbocycles. The average Bonchev–Trinajstić information content (AvgIpc) is 2.66. The van der Waals surface area contributed by atoms with Crippen molar-refractivity contribution in [1.82, 2.24) is 19.9 Å². The molecule has 0 fully saturated rings. The average molecular weight is 193 g/mol. The molecule has 2 aromatic heterocycles. The predicted octanol–water partition coefficient (Wildman–Crippen LogP) is 0.531. The zero-order valence-corrected chi connectivity index (χ0v) is 7.31. The Morgan fingerprint density at radius 3 is 3.14 bits per heavy atom. The summed E-state index contributed by atoms with van der Waals surface area (Å²) < 4.78 is 4.43. The number of rotatable bonds is 1. The van der Waals surface area contributed by atoms with Gasteiger partial charge in [-0.1, -0.05) is 0 Å². The summed E-state index contributed by atoms with van der Waals surface area (Å²) in [6.45, 7) is 0. The molecule has 2 heterocycles. The lowest BCUT2D eigenvalue weighted by Crippen LogP contribution is -2.12. The first-order valence-electron chi connectivity index (χ1n) is 3.80. The van der Waals surface area contributed by atoms with Crippen LogP contribution in [0.5, 0.6) is 0 Å². The Balaban J connectivity index is 2.41. The van der Waals surface area contributed by atoms with Gasteiger partial charge >= 0.3 is 6.09 Å². The maximum absolute atomic E-state index is 10.9. The van der Waals surface area contributed by atoms with Gasteiger partial charge < -0.3 is 9.72 Å². The van der Waals surface area contributed by atoms with Gasteiger partial charge in [0.05, 0.1) is 13.4 Å². The van der Waals surface area contributed by atoms with E-state index in [0.717, 1.165) is 0 Å². The van der Waals surface area contributed by atoms with E-state index in [1.54, 1.807) is 0 Å². The zero-order chi connectivity index (χ0) is 9.97. The van der Waals surface area contributed by atoms with Crippen LogP contribution in [0.1, 0.15) is 0 Å². The summed E-state index contributed by atoms with van der Waals surface area (Å²) in [5.74, 6) is 0.322. The normalized spacial score (nSPS) is 10.1. The van der Waals surface area contributed by atoms with E-state index < -0.39 is 6.09 Å². The first-order valence-corrected chi connectivity index (χ1v) is 3.80. The number of aromatic amines is 1. The van der Waals surface area contributed by atoms with Crippen LogP contribution in [0, 0.1) is 0 Å². The molecule has 2 aromatic rings. The summed E-state index contributed by atoms with van der Waals surface area (Å²) >= 11 is 0. The number of carbonyl (C=O) groups is 1. The number of nitrogens with one attached hydrogen (secondary N) is 2. The van der Waals surface area contributed by atoms with Crippen molar-refractivity contribution in [3.05, 3.63) is 12.7 Å². The smallest absolute Gasteiger partial charge is 0.412 e. The lowest BCUT2D eigenvalue weighted by atomic mass is 10.5. The number of hydrogen-bond acceptors (Lipinski definition) is 5. The van der Waals surface area contributed by atoms with Gasteiger partial charge in [0.1, 0.15) is 6.33 Å². The van der Waals surface area contributed by atoms with Crippen LogP contribution in [0.15, 0.2) is 12.7 Å². The molecule has 0 atom stereocenters. The molecule has 1 amide bonds. The highest BCUT2D eigenvalue weighted by Crippen LogP contribution is 2.13. The Kier molecular flexibility index (Phi) is 1.98. The lowest BCUT2D eigenvalue weighted by molar-refractivity contribution is 0.187. The molecule has 2 N–H and O–H groups in total. The third kappa shape index (κ3) is 1.35. The van der Waals surface area contributed by atoms with E-state index in [-0.39, 0.29) is 0 Å². The van der Waals surface area contributed by atoms with Crippen molar-refractivity contribution in [2.45, 2.75) is 0 Å². The van der Waals surface area contributed by atoms with E-state index in [9.17, 15) is 4.79 Å². The first kappa shape index (κ1) is 8.42. The van der Waals surface area contributed by atoms with Crippen LogP contribution >= 0.6 is 0 Å². The summed E-state index contributed by atoms with van der Waals surface area (Å²) in [7, 11) is 1.28. The first-order chi connectivity index (χ1) is 6.81. The largest absolute Gasteiger partial charge is 0.453 e. The zero-order valence-electron chi connectivity index (χ0n) is 7.31. The van der Waals surface area contributed by atoms with Gasteiger partial charge in [0.25, 0.3) is 0 Å². The molecule has 0 unspecified atom stereocenters. The van der Waals surface area contributed by atoms with Crippen LogP contribution in [0.25, 0.3) is 11.2 Å². The fourth-order valence-electron chi connectivity index (χ4n) is 1.00. The van der Waals surface area contributed by atoms with Gasteiger partial charge in [-0.15, -0.1) is 0 Å². The molecule has 0 saturated carbocycles. The number of amides is 1. The van der Waals surface area contributed by atoms with Crippen molar-refractivity contribution < 1.29 is 9.53 Å². The van der Waals surface area contributed by atoms with Gasteiger partial charge in [0.15, 0.2) is 17.0 Å². The number of aromatic nitrogens is 4. The Morgan fingerprint density at radius 1 is 1.50 bits per heavy atom. The number of H-pyrrole nitrogens is 1. The van der Waals surface area contributed by atoms with Gasteiger partial charge in [-0.2, -0.15) is 0 Å². The Labute approximate surface area is 78.5 Å². The summed E-state index contributed by atoms with van der Waals surface area (Å²) in [5, 5.41) is 2.43. The van der Waals surface area contributed by atoms with Gasteiger partial charge in [-0.05, 0) is 0 Å². The molecule has 0 aliphatic rings. The van der Waals surface area contributed by atoms with Gasteiger partial charge in [0, 0.05) is 0 Å². The molecule has 2 rings (SSSR count). The molecule has 0 bridgehead atoms. The van der Waals surface area contributed by atoms with Crippen LogP contribution in [-0.2, 0) is 4.74 Å². The molecule has 7 heteroatoms. The van der Waals surface area contributed by atoms with Crippen LogP contribution in [0.4, 0.5) is 10.6 Å². The number of carbonyl (C=O) groups excluding carboxylic acids is 1. The molecule has 0 aliphatic heterocycles. The Bertz CT molecular complexity index is 466. The quantitative estimate of drug-likeness (QED) is 0.689. The third-order valence-electron chi connectivity index (χ3n) is 1.62. The van der Waals surface area contributed by atoms with Crippen molar-refractivity contribution in [3.8, 4) is 0 Å². The molecule has 7 nitrogen and oxygen atoms in total. The second-order valence-electron chi connectivity index (χ2n) is 2.44. The van der Waals surface area contributed by atoms with Crippen LogP contribution < -0.4 is 5.32 Å². The van der Waals surface area contributed by atoms with Gasteiger partial charge in [-0.3, -0.25) is 5.32 Å². The minimum atomic E-state index is -0.590. The fraction of sp³-hybridized carbons (Fsp3) is 0.143. The topological polar surface area (TPSA) is 92.8 Å². The van der Waals surface area contributed by atoms with E-state index in [0.29, 0.717) is 17.0 Å². The molecule has 14 heavy (non-hydrogen) atoms. The molecule has 0 saturated heterocycles. The third-order valence-corrected chi connectivity index (χ3v) is 1.62. The SMILES string of the molecule is COC(=O)Nc1ncnc2[nH]cnc12. The standard InChI is InChI=1S/C7H7N5O2/c1-14-7(13)12-6-4-5(9-2-8-4)10-3-11-6/h2-3H,1H3,(H2,8,9,10,11,12,13). The van der Waals surface area contributed by atoms with Crippen molar-refractivity contribution in [2.24, 2.45) is 0 Å². The predicted molar refractivity (Wildman–Crippen MR) is 47.7 cm³/mol. The molecule has 72 valence electrons. The van der Waals surface area contributed by atoms with Crippen LogP contribution in [0.2, 0.25) is 0 Å². The second kappa shape index (κ2) is 3.29. The Morgan fingerprint density at radius 2 is 2.36 bits per heavy atom. The van der Waals surface area contributed by atoms with E-state index in [4.69, 9.17) is 0 Å². The second-order valence-corrected chi connectivity index (χ2v) is 2.44. The molecule has 0 aliphatic carbocycles. The molecular formula is C7H7N5O2. The molecule has 0 spiro atoms. The number of nitrogens with zero attached hydrogens (tertiary/aromatic N) is 3. The number of methoxy groups -OCH3 is 1. The minimum absolute atomic E-state index is 0.322. The Hall–Kier alpha value is -2.18. The van der Waals surface area contributed by atoms with E-state index in [1.807, 2.05) is 0 Å². The van der Waals surface area contributed by atoms with E-state index >= 15 is 0 Å². The highest BCUT2D eigenvalue weighted by Gasteiger charge is 2.08. The number of anilines is 1. The van der Waals surface area contributed by atoms with Crippen molar-refractivity contribution in [1.29, 1.82) is 0 Å². The van der Waals surface area contributed by atoms with Gasteiger partial charge in [0.2, 0.25) is 0 Å². The maximum Gasteiger partial charge on any atom is 0.412 e. The maximum atomic E-state index is 10.9. The number of hydrogen-bond donors (Lipinski definition) is 2. The van der Waals surface area contributed by atoms with Gasteiger partial charge in [-0.25, -0.2) is 19.7 Å². The monoisotopic (exact) mass is 193 g/mol. The van der Waals surface area contributed by atoms with E-state index in [2.05, 4.69) is 30.0 Å². The van der Waals surface area contributed by atoms with Crippen LogP contribution in [0.3, 0.4) is 0 Å². The molecular weight excluding hydrogens is 186 g/mol. The van der Waals surface area contributed by atoms with E-state index in [1.165, 1.54) is 19.8 Å². The molecule has 0 radical (unpaired) electrons. The van der Waals surface area contributed by atoms with Crippen molar-refractivity contribution in [2.75, 3.05) is 12.4 Å². The summed E-state index contributed by atoms with van der Waals surface area (Å²) in [6, 6.07) is 0. The number of fused-ring (bicyclic) bond motifs is 1. The summed E-state index contributed by atoms with van der Waals surface area (Å²) in [6.07, 6.45) is 2.21. The van der Waals surface area contributed by atoms with Crippen molar-refractivity contribution >= 4 is 23.1 Å². The highest BCUT2D eigenvalue weighted by molar-refractivity contribution is 5.92. The lowest BCUT2D eigenvalue weighted by Gasteiger charge is -2.01. The van der Waals surface area contributed by atoms with Crippen molar-refractivity contribution in [3.63, 3.8) is 0 Å². The number of imidazole rings is 1. The van der Waals surface area contributed by atoms with Crippen LogP contribution in [-0.4, -0.2) is 33.1 Å².